The molecule has 0 atom stereocenters. The Morgan fingerprint density at radius 2 is 1.86 bits per heavy atom. The standard InChI is InChI=1S/C21H31N7.HI/c1-16-7-6-8-18(17(16)2)26-11-13-27(14-12-26)21(22-3)23-15-20-25-24-19-9-4-5-10-28(19)20;/h6-8H,4-5,9-15H2,1-3H3,(H,22,23);1H. The van der Waals surface area contributed by atoms with Gasteiger partial charge in [-0.1, -0.05) is 12.1 Å². The van der Waals surface area contributed by atoms with Gasteiger partial charge in [0.05, 0.1) is 6.54 Å². The highest BCUT2D eigenvalue weighted by molar-refractivity contribution is 14.0. The van der Waals surface area contributed by atoms with E-state index in [9.17, 15) is 0 Å². The molecule has 1 fully saturated rings. The number of aryl methyl sites for hydroxylation is 2. The van der Waals surface area contributed by atoms with Crippen molar-refractivity contribution in [2.24, 2.45) is 4.99 Å². The van der Waals surface area contributed by atoms with Crippen molar-refractivity contribution in [2.75, 3.05) is 38.1 Å². The summed E-state index contributed by atoms with van der Waals surface area (Å²) in [6, 6.07) is 6.58. The average molecular weight is 509 g/mol. The summed E-state index contributed by atoms with van der Waals surface area (Å²) in [5.74, 6) is 3.10. The molecule has 8 heteroatoms. The quantitative estimate of drug-likeness (QED) is 0.392. The number of hydrogen-bond acceptors (Lipinski definition) is 4. The molecule has 0 unspecified atom stereocenters. The first-order chi connectivity index (χ1) is 13.7. The van der Waals surface area contributed by atoms with E-state index >= 15 is 0 Å². The van der Waals surface area contributed by atoms with E-state index in [0.717, 1.165) is 56.8 Å². The van der Waals surface area contributed by atoms with E-state index in [0.29, 0.717) is 6.54 Å². The predicted molar refractivity (Wildman–Crippen MR) is 128 cm³/mol. The van der Waals surface area contributed by atoms with Gasteiger partial charge in [-0.15, -0.1) is 34.2 Å². The third-order valence-corrected chi connectivity index (χ3v) is 6.05. The van der Waals surface area contributed by atoms with Crippen molar-refractivity contribution in [3.63, 3.8) is 0 Å². The molecule has 0 radical (unpaired) electrons. The van der Waals surface area contributed by atoms with Crippen LogP contribution in [0.5, 0.6) is 0 Å². The molecular weight excluding hydrogens is 477 g/mol. The fourth-order valence-corrected chi connectivity index (χ4v) is 4.23. The first kappa shape index (κ1) is 21.9. The lowest BCUT2D eigenvalue weighted by Crippen LogP contribution is -2.52. The maximum Gasteiger partial charge on any atom is 0.194 e. The maximum absolute atomic E-state index is 4.51. The minimum absolute atomic E-state index is 0. The molecule has 29 heavy (non-hydrogen) atoms. The van der Waals surface area contributed by atoms with Crippen LogP contribution in [0, 0.1) is 13.8 Å². The minimum atomic E-state index is 0. The van der Waals surface area contributed by atoms with Crippen LogP contribution < -0.4 is 10.2 Å². The zero-order chi connectivity index (χ0) is 19.5. The maximum atomic E-state index is 4.51. The van der Waals surface area contributed by atoms with Gasteiger partial charge in [-0.2, -0.15) is 0 Å². The van der Waals surface area contributed by atoms with Gasteiger partial charge in [-0.25, -0.2) is 0 Å². The molecule has 1 N–H and O–H groups in total. The second-order valence-electron chi connectivity index (χ2n) is 7.74. The second-order valence-corrected chi connectivity index (χ2v) is 7.74. The second kappa shape index (κ2) is 9.77. The molecule has 0 bridgehead atoms. The van der Waals surface area contributed by atoms with E-state index in [1.165, 1.54) is 29.7 Å². The molecule has 3 heterocycles. The number of aliphatic imine (C=N–C) groups is 1. The van der Waals surface area contributed by atoms with Gasteiger partial charge in [0.2, 0.25) is 0 Å². The number of nitrogens with one attached hydrogen (secondary N) is 1. The Bertz CT molecular complexity index is 853. The van der Waals surface area contributed by atoms with Gasteiger partial charge in [0.1, 0.15) is 5.82 Å². The van der Waals surface area contributed by atoms with Crippen LogP contribution in [0.1, 0.15) is 35.6 Å². The van der Waals surface area contributed by atoms with Crippen LogP contribution in [0.2, 0.25) is 0 Å². The number of benzene rings is 1. The third-order valence-electron chi connectivity index (χ3n) is 6.05. The van der Waals surface area contributed by atoms with Crippen molar-refractivity contribution >= 4 is 35.6 Å². The number of guanidine groups is 1. The van der Waals surface area contributed by atoms with Crippen LogP contribution in [0.3, 0.4) is 0 Å². The Morgan fingerprint density at radius 3 is 2.62 bits per heavy atom. The predicted octanol–water partition coefficient (Wildman–Crippen LogP) is 2.75. The molecule has 158 valence electrons. The Labute approximate surface area is 190 Å². The van der Waals surface area contributed by atoms with E-state index in [4.69, 9.17) is 0 Å². The highest BCUT2D eigenvalue weighted by atomic mass is 127. The molecule has 0 amide bonds. The smallest absolute Gasteiger partial charge is 0.194 e. The number of piperazine rings is 1. The molecule has 4 rings (SSSR count). The van der Waals surface area contributed by atoms with Crippen molar-refractivity contribution in [3.8, 4) is 0 Å². The molecule has 2 aromatic rings. The molecule has 2 aliphatic rings. The molecular formula is C21H32IN7. The zero-order valence-electron chi connectivity index (χ0n) is 17.7. The van der Waals surface area contributed by atoms with Gasteiger partial charge in [0.25, 0.3) is 0 Å². The van der Waals surface area contributed by atoms with Crippen LogP contribution in [0.4, 0.5) is 5.69 Å². The summed E-state index contributed by atoms with van der Waals surface area (Å²) >= 11 is 0. The van der Waals surface area contributed by atoms with E-state index in [1.54, 1.807) is 0 Å². The fourth-order valence-electron chi connectivity index (χ4n) is 4.23. The molecule has 1 saturated heterocycles. The highest BCUT2D eigenvalue weighted by Gasteiger charge is 2.22. The number of hydrogen-bond donors (Lipinski definition) is 1. The Morgan fingerprint density at radius 1 is 1.07 bits per heavy atom. The van der Waals surface area contributed by atoms with E-state index in [2.05, 4.69) is 66.9 Å². The topological polar surface area (TPSA) is 61.6 Å². The molecule has 2 aliphatic heterocycles. The molecule has 7 nitrogen and oxygen atoms in total. The van der Waals surface area contributed by atoms with E-state index in [1.807, 2.05) is 7.05 Å². The van der Waals surface area contributed by atoms with Gasteiger partial charge >= 0.3 is 0 Å². The lowest BCUT2D eigenvalue weighted by Gasteiger charge is -2.38. The summed E-state index contributed by atoms with van der Waals surface area (Å²) in [5.41, 5.74) is 4.10. The third kappa shape index (κ3) is 4.67. The van der Waals surface area contributed by atoms with Gasteiger partial charge in [0.15, 0.2) is 11.8 Å². The van der Waals surface area contributed by atoms with Crippen LogP contribution in [-0.4, -0.2) is 58.9 Å². The summed E-state index contributed by atoms with van der Waals surface area (Å²) in [4.78, 5) is 9.34. The summed E-state index contributed by atoms with van der Waals surface area (Å²) in [6.45, 7) is 10.1. The molecule has 0 saturated carbocycles. The number of aromatic nitrogens is 3. The van der Waals surface area contributed by atoms with Gasteiger partial charge < -0.3 is 19.7 Å². The summed E-state index contributed by atoms with van der Waals surface area (Å²) in [5, 5.41) is 12.2. The molecule has 1 aromatic carbocycles. The fraction of sp³-hybridized carbons (Fsp3) is 0.571. The number of fused-ring (bicyclic) bond motifs is 1. The monoisotopic (exact) mass is 509 g/mol. The zero-order valence-corrected chi connectivity index (χ0v) is 20.0. The lowest BCUT2D eigenvalue weighted by atomic mass is 10.1. The van der Waals surface area contributed by atoms with E-state index < -0.39 is 0 Å². The summed E-state index contributed by atoms with van der Waals surface area (Å²) < 4.78 is 2.27. The summed E-state index contributed by atoms with van der Waals surface area (Å²) in [7, 11) is 1.86. The van der Waals surface area contributed by atoms with Crippen LogP contribution in [0.25, 0.3) is 0 Å². The van der Waals surface area contributed by atoms with Gasteiger partial charge in [-0.3, -0.25) is 4.99 Å². The Kier molecular flexibility index (Phi) is 7.37. The number of halogens is 1. The first-order valence-corrected chi connectivity index (χ1v) is 10.3. The molecule has 0 aliphatic carbocycles. The molecule has 0 spiro atoms. The van der Waals surface area contributed by atoms with Gasteiger partial charge in [-0.05, 0) is 43.9 Å². The lowest BCUT2D eigenvalue weighted by molar-refractivity contribution is 0.371. The van der Waals surface area contributed by atoms with Crippen LogP contribution >= 0.6 is 24.0 Å². The Balaban J connectivity index is 0.00000240. The number of nitrogens with zero attached hydrogens (tertiary/aromatic N) is 6. The normalized spacial score (nSPS) is 17.0. The highest BCUT2D eigenvalue weighted by Crippen LogP contribution is 2.24. The van der Waals surface area contributed by atoms with Crippen molar-refractivity contribution in [1.29, 1.82) is 0 Å². The van der Waals surface area contributed by atoms with Crippen LogP contribution in [0.15, 0.2) is 23.2 Å². The summed E-state index contributed by atoms with van der Waals surface area (Å²) in [6.07, 6.45) is 3.48. The van der Waals surface area contributed by atoms with Gasteiger partial charge in [0, 0.05) is 51.9 Å². The van der Waals surface area contributed by atoms with E-state index in [-0.39, 0.29) is 24.0 Å². The number of anilines is 1. The molecule has 1 aromatic heterocycles. The average Bonchev–Trinajstić information content (AvgIpc) is 3.14. The SMILES string of the molecule is CN=C(NCc1nnc2n1CCCC2)N1CCN(c2cccc(C)c2C)CC1.I. The Hall–Kier alpha value is -1.84. The van der Waals surface area contributed by atoms with Crippen LogP contribution in [-0.2, 0) is 19.5 Å². The van der Waals surface area contributed by atoms with Crippen molar-refractivity contribution < 1.29 is 0 Å². The number of rotatable bonds is 3. The minimum Gasteiger partial charge on any atom is -0.368 e. The first-order valence-electron chi connectivity index (χ1n) is 10.3. The van der Waals surface area contributed by atoms with Crippen molar-refractivity contribution in [2.45, 2.75) is 46.2 Å². The van der Waals surface area contributed by atoms with Crippen molar-refractivity contribution in [1.82, 2.24) is 25.0 Å². The van der Waals surface area contributed by atoms with Crippen molar-refractivity contribution in [3.05, 3.63) is 41.0 Å². The largest absolute Gasteiger partial charge is 0.368 e.